The Kier molecular flexibility index (Phi) is 5.84. The van der Waals surface area contributed by atoms with Gasteiger partial charge in [0.1, 0.15) is 0 Å². The number of nitrogens with one attached hydrogen (secondary N) is 2. The van der Waals surface area contributed by atoms with E-state index in [9.17, 15) is 14.4 Å². The predicted octanol–water partition coefficient (Wildman–Crippen LogP) is 2.02. The summed E-state index contributed by atoms with van der Waals surface area (Å²) >= 11 is 0. The number of hydrogen-bond donors (Lipinski definition) is 2. The number of carbonyl (C=O) groups is 2. The number of aromatic nitrogens is 2. The predicted molar refractivity (Wildman–Crippen MR) is 105 cm³/mol. The molecule has 0 radical (unpaired) electrons. The molecule has 2 aromatic carbocycles. The van der Waals surface area contributed by atoms with E-state index in [1.807, 2.05) is 31.2 Å². The van der Waals surface area contributed by atoms with E-state index in [0.29, 0.717) is 23.0 Å². The lowest BCUT2D eigenvalue weighted by molar-refractivity contribution is -0.154. The quantitative estimate of drug-likeness (QED) is 0.638. The van der Waals surface area contributed by atoms with Gasteiger partial charge in [-0.1, -0.05) is 48.0 Å². The first-order chi connectivity index (χ1) is 13.4. The summed E-state index contributed by atoms with van der Waals surface area (Å²) in [6.07, 6.45) is -1.08. The van der Waals surface area contributed by atoms with Crippen LogP contribution in [-0.4, -0.2) is 28.2 Å². The highest BCUT2D eigenvalue weighted by molar-refractivity contribution is 5.88. The number of H-pyrrole nitrogens is 1. The van der Waals surface area contributed by atoms with Crippen LogP contribution in [-0.2, 0) is 27.3 Å². The third kappa shape index (κ3) is 4.62. The lowest BCUT2D eigenvalue weighted by atomic mass is 10.1. The van der Waals surface area contributed by atoms with E-state index in [1.54, 1.807) is 24.3 Å². The van der Waals surface area contributed by atoms with E-state index in [1.165, 1.54) is 6.92 Å². The first-order valence-electron chi connectivity index (χ1n) is 8.93. The van der Waals surface area contributed by atoms with Crippen molar-refractivity contribution in [1.29, 1.82) is 0 Å². The number of carbonyl (C=O) groups excluding carboxylic acids is 2. The number of nitrogens with zero attached hydrogens (tertiary/aromatic N) is 1. The number of hydrogen-bond acceptors (Lipinski definition) is 5. The molecule has 0 unspecified atom stereocenters. The van der Waals surface area contributed by atoms with Crippen molar-refractivity contribution in [1.82, 2.24) is 15.5 Å². The maximum atomic E-state index is 12.2. The first kappa shape index (κ1) is 19.3. The van der Waals surface area contributed by atoms with Gasteiger partial charge < -0.3 is 10.1 Å². The molecule has 0 saturated carbocycles. The monoisotopic (exact) mass is 379 g/mol. The molecule has 0 spiro atoms. The number of esters is 1. The second-order valence-corrected chi connectivity index (χ2v) is 6.56. The van der Waals surface area contributed by atoms with Crippen LogP contribution in [0.5, 0.6) is 0 Å². The number of aryl methyl sites for hydroxylation is 1. The van der Waals surface area contributed by atoms with Gasteiger partial charge in [-0.05, 0) is 25.5 Å². The summed E-state index contributed by atoms with van der Waals surface area (Å²) in [4.78, 5) is 36.2. The Labute approximate surface area is 161 Å². The number of ether oxygens (including phenoxy) is 1. The molecule has 0 aliphatic rings. The van der Waals surface area contributed by atoms with Crippen LogP contribution >= 0.6 is 0 Å². The fraction of sp³-hybridized carbons (Fsp3) is 0.238. The molecule has 144 valence electrons. The molecular weight excluding hydrogens is 358 g/mol. The molecule has 1 aromatic heterocycles. The van der Waals surface area contributed by atoms with E-state index in [0.717, 1.165) is 11.1 Å². The second kappa shape index (κ2) is 8.47. The van der Waals surface area contributed by atoms with Crippen molar-refractivity contribution in [3.63, 3.8) is 0 Å². The van der Waals surface area contributed by atoms with Gasteiger partial charge in [-0.25, -0.2) is 5.10 Å². The molecule has 0 fully saturated rings. The molecule has 1 amide bonds. The molecular formula is C21H21N3O4. The molecule has 7 nitrogen and oxygen atoms in total. The fourth-order valence-electron chi connectivity index (χ4n) is 2.77. The van der Waals surface area contributed by atoms with Gasteiger partial charge in [0, 0.05) is 11.9 Å². The average molecular weight is 379 g/mol. The second-order valence-electron chi connectivity index (χ2n) is 6.56. The zero-order valence-electron chi connectivity index (χ0n) is 15.7. The van der Waals surface area contributed by atoms with Crippen LogP contribution in [0, 0.1) is 6.92 Å². The van der Waals surface area contributed by atoms with Gasteiger partial charge in [0.25, 0.3) is 11.5 Å². The Morgan fingerprint density at radius 2 is 1.79 bits per heavy atom. The van der Waals surface area contributed by atoms with Crippen molar-refractivity contribution in [3.8, 4) is 0 Å². The van der Waals surface area contributed by atoms with Crippen LogP contribution in [0.2, 0.25) is 0 Å². The summed E-state index contributed by atoms with van der Waals surface area (Å²) < 4.78 is 5.22. The zero-order chi connectivity index (χ0) is 20.1. The Hall–Kier alpha value is -3.48. The molecule has 3 aromatic rings. The van der Waals surface area contributed by atoms with Crippen molar-refractivity contribution in [3.05, 3.63) is 75.7 Å². The summed E-state index contributed by atoms with van der Waals surface area (Å²) in [7, 11) is 0. The number of fused-ring (bicyclic) bond motifs is 1. The molecule has 0 saturated heterocycles. The van der Waals surface area contributed by atoms with Gasteiger partial charge in [0.2, 0.25) is 0 Å². The van der Waals surface area contributed by atoms with Gasteiger partial charge in [-0.3, -0.25) is 14.4 Å². The molecule has 2 N–H and O–H groups in total. The van der Waals surface area contributed by atoms with Crippen LogP contribution in [0.4, 0.5) is 0 Å². The minimum Gasteiger partial charge on any atom is -0.452 e. The molecule has 7 heteroatoms. The summed E-state index contributed by atoms with van der Waals surface area (Å²) in [5.41, 5.74) is 2.17. The standard InChI is InChI=1S/C21H21N3O4/c1-13-7-9-15(10-8-13)12-22-20(26)14(2)28-19(25)11-18-16-5-3-4-6-17(16)21(27)24-23-18/h3-10,14H,11-12H2,1-2H3,(H,22,26)(H,24,27)/t14-/m1/s1. The smallest absolute Gasteiger partial charge is 0.312 e. The number of rotatable bonds is 6. The topological polar surface area (TPSA) is 101 Å². The van der Waals surface area contributed by atoms with Crippen LogP contribution in [0.3, 0.4) is 0 Å². The largest absolute Gasteiger partial charge is 0.452 e. The SMILES string of the molecule is Cc1ccc(CNC(=O)[C@@H](C)OC(=O)Cc2n[nH]c(=O)c3ccccc23)cc1. The van der Waals surface area contributed by atoms with Gasteiger partial charge >= 0.3 is 5.97 Å². The van der Waals surface area contributed by atoms with Gasteiger partial charge in [-0.15, -0.1) is 0 Å². The summed E-state index contributed by atoms with van der Waals surface area (Å²) in [6.45, 7) is 3.86. The highest BCUT2D eigenvalue weighted by Crippen LogP contribution is 2.13. The lowest BCUT2D eigenvalue weighted by Gasteiger charge is -2.14. The third-order valence-electron chi connectivity index (χ3n) is 4.35. The lowest BCUT2D eigenvalue weighted by Crippen LogP contribution is -2.35. The van der Waals surface area contributed by atoms with Gasteiger partial charge in [0.15, 0.2) is 6.10 Å². The average Bonchev–Trinajstić information content (AvgIpc) is 2.69. The van der Waals surface area contributed by atoms with Gasteiger partial charge in [-0.2, -0.15) is 5.10 Å². The minimum absolute atomic E-state index is 0.146. The highest BCUT2D eigenvalue weighted by atomic mass is 16.5. The summed E-state index contributed by atoms with van der Waals surface area (Å²) in [6, 6.07) is 14.7. The van der Waals surface area contributed by atoms with Crippen molar-refractivity contribution in [2.24, 2.45) is 0 Å². The van der Waals surface area contributed by atoms with E-state index < -0.39 is 12.1 Å². The van der Waals surface area contributed by atoms with Crippen LogP contribution in [0.25, 0.3) is 10.8 Å². The van der Waals surface area contributed by atoms with E-state index >= 15 is 0 Å². The number of amides is 1. The maximum absolute atomic E-state index is 12.2. The fourth-order valence-corrected chi connectivity index (χ4v) is 2.77. The Balaban J connectivity index is 1.58. The normalized spacial score (nSPS) is 11.8. The van der Waals surface area contributed by atoms with Crippen LogP contribution in [0.1, 0.15) is 23.7 Å². The number of aromatic amines is 1. The summed E-state index contributed by atoms with van der Waals surface area (Å²) in [5, 5.41) is 10.1. The maximum Gasteiger partial charge on any atom is 0.312 e. The van der Waals surface area contributed by atoms with Crippen molar-refractivity contribution in [2.75, 3.05) is 0 Å². The van der Waals surface area contributed by atoms with E-state index in [-0.39, 0.29) is 17.9 Å². The molecule has 3 rings (SSSR count). The first-order valence-corrected chi connectivity index (χ1v) is 8.93. The molecule has 28 heavy (non-hydrogen) atoms. The molecule has 0 aliphatic carbocycles. The molecule has 1 heterocycles. The Morgan fingerprint density at radius 3 is 2.50 bits per heavy atom. The Bertz CT molecular complexity index is 1060. The molecule has 0 bridgehead atoms. The van der Waals surface area contributed by atoms with Crippen LogP contribution < -0.4 is 10.9 Å². The third-order valence-corrected chi connectivity index (χ3v) is 4.35. The zero-order valence-corrected chi connectivity index (χ0v) is 15.7. The van der Waals surface area contributed by atoms with E-state index in [4.69, 9.17) is 4.74 Å². The van der Waals surface area contributed by atoms with Gasteiger partial charge in [0.05, 0.1) is 17.5 Å². The number of benzene rings is 2. The Morgan fingerprint density at radius 1 is 1.11 bits per heavy atom. The highest BCUT2D eigenvalue weighted by Gasteiger charge is 2.19. The minimum atomic E-state index is -0.938. The molecule has 1 atom stereocenters. The summed E-state index contributed by atoms with van der Waals surface area (Å²) in [5.74, 6) is -0.976. The molecule has 0 aliphatic heterocycles. The van der Waals surface area contributed by atoms with Crippen molar-refractivity contribution in [2.45, 2.75) is 32.9 Å². The van der Waals surface area contributed by atoms with Crippen LogP contribution in [0.15, 0.2) is 53.3 Å². The van der Waals surface area contributed by atoms with Crippen molar-refractivity contribution >= 4 is 22.6 Å². The van der Waals surface area contributed by atoms with E-state index in [2.05, 4.69) is 15.5 Å². The van der Waals surface area contributed by atoms with Crippen molar-refractivity contribution < 1.29 is 14.3 Å².